The molecule has 2 fully saturated rings. The maximum absolute atomic E-state index is 6.25. The third-order valence-electron chi connectivity index (χ3n) is 4.66. The molecule has 0 saturated carbocycles. The van der Waals surface area contributed by atoms with Gasteiger partial charge >= 0.3 is 0 Å². The highest BCUT2D eigenvalue weighted by Gasteiger charge is 2.40. The molecule has 0 bridgehead atoms. The summed E-state index contributed by atoms with van der Waals surface area (Å²) in [5.41, 5.74) is 1.09. The van der Waals surface area contributed by atoms with E-state index in [1.54, 1.807) is 0 Å². The molecule has 4 nitrogen and oxygen atoms in total. The van der Waals surface area contributed by atoms with Crippen molar-refractivity contribution in [1.29, 1.82) is 0 Å². The number of ether oxygens (including phenoxy) is 2. The minimum atomic E-state index is -0.605. The zero-order chi connectivity index (χ0) is 14.9. The van der Waals surface area contributed by atoms with Crippen LogP contribution in [0.3, 0.4) is 0 Å². The predicted octanol–water partition coefficient (Wildman–Crippen LogP) is 1.96. The first-order valence-electron chi connectivity index (χ1n) is 7.92. The summed E-state index contributed by atoms with van der Waals surface area (Å²) in [6, 6.07) is 11.3. The summed E-state index contributed by atoms with van der Waals surface area (Å²) in [4.78, 5) is 2.53. The number of nitrogens with one attached hydrogen (secondary N) is 1. The van der Waals surface area contributed by atoms with Crippen LogP contribution in [-0.4, -0.2) is 49.3 Å². The van der Waals surface area contributed by atoms with E-state index in [-0.39, 0.29) is 6.10 Å². The van der Waals surface area contributed by atoms with Gasteiger partial charge in [-0.3, -0.25) is 4.90 Å². The molecule has 2 saturated heterocycles. The molecule has 1 aromatic carbocycles. The van der Waals surface area contributed by atoms with Gasteiger partial charge in [-0.2, -0.15) is 0 Å². The minimum absolute atomic E-state index is 0.137. The van der Waals surface area contributed by atoms with Crippen LogP contribution in [0.15, 0.2) is 30.3 Å². The molecule has 2 aliphatic heterocycles. The molecule has 4 heteroatoms. The van der Waals surface area contributed by atoms with E-state index in [1.165, 1.54) is 0 Å². The molecule has 2 aliphatic rings. The number of piperazine rings is 1. The highest BCUT2D eigenvalue weighted by atomic mass is 16.7. The zero-order valence-electron chi connectivity index (χ0n) is 13.2. The lowest BCUT2D eigenvalue weighted by atomic mass is 10.1. The van der Waals surface area contributed by atoms with Crippen molar-refractivity contribution in [2.75, 3.05) is 26.2 Å². The van der Waals surface area contributed by atoms with Crippen molar-refractivity contribution in [3.63, 3.8) is 0 Å². The van der Waals surface area contributed by atoms with Gasteiger partial charge in [0.05, 0.1) is 12.7 Å². The molecule has 4 unspecified atom stereocenters. The molecular weight excluding hydrogens is 264 g/mol. The number of hydrogen-bond donors (Lipinski definition) is 1. The van der Waals surface area contributed by atoms with Crippen LogP contribution >= 0.6 is 0 Å². The van der Waals surface area contributed by atoms with Crippen molar-refractivity contribution in [1.82, 2.24) is 10.2 Å². The number of benzene rings is 1. The highest BCUT2D eigenvalue weighted by Crippen LogP contribution is 2.34. The Morgan fingerprint density at radius 3 is 2.52 bits per heavy atom. The Balaban J connectivity index is 1.64. The molecule has 0 radical (unpaired) electrons. The molecule has 1 aromatic rings. The van der Waals surface area contributed by atoms with E-state index in [0.29, 0.717) is 18.7 Å². The first-order valence-corrected chi connectivity index (χ1v) is 7.92. The maximum atomic E-state index is 6.25. The fourth-order valence-electron chi connectivity index (χ4n) is 3.39. The van der Waals surface area contributed by atoms with E-state index in [2.05, 4.69) is 36.2 Å². The van der Waals surface area contributed by atoms with Crippen LogP contribution < -0.4 is 5.32 Å². The van der Waals surface area contributed by atoms with Crippen LogP contribution in [0.1, 0.15) is 26.3 Å². The number of hydrogen-bond acceptors (Lipinski definition) is 4. The van der Waals surface area contributed by atoms with Gasteiger partial charge in [0.2, 0.25) is 0 Å². The smallest absolute Gasteiger partial charge is 0.192 e. The van der Waals surface area contributed by atoms with Crippen molar-refractivity contribution >= 4 is 0 Å². The van der Waals surface area contributed by atoms with E-state index in [1.807, 2.05) is 25.1 Å². The second kappa shape index (κ2) is 6.05. The Kier molecular flexibility index (Phi) is 4.31. The molecule has 1 N–H and O–H groups in total. The Labute approximate surface area is 127 Å². The predicted molar refractivity (Wildman–Crippen MR) is 83.1 cm³/mol. The molecule has 0 aromatic heterocycles. The van der Waals surface area contributed by atoms with E-state index in [9.17, 15) is 0 Å². The normalized spacial score (nSPS) is 37.8. The average molecular weight is 290 g/mol. The topological polar surface area (TPSA) is 33.7 Å². The third kappa shape index (κ3) is 3.14. The summed E-state index contributed by atoms with van der Waals surface area (Å²) in [5, 5.41) is 3.47. The molecule has 0 amide bonds. The average Bonchev–Trinajstić information content (AvgIpc) is 2.87. The van der Waals surface area contributed by atoms with Crippen LogP contribution in [0, 0.1) is 0 Å². The Morgan fingerprint density at radius 1 is 1.19 bits per heavy atom. The van der Waals surface area contributed by atoms with Crippen LogP contribution in [0.25, 0.3) is 0 Å². The van der Waals surface area contributed by atoms with Crippen molar-refractivity contribution in [3.8, 4) is 0 Å². The van der Waals surface area contributed by atoms with Gasteiger partial charge in [-0.1, -0.05) is 30.3 Å². The second-order valence-corrected chi connectivity index (χ2v) is 6.42. The highest BCUT2D eigenvalue weighted by molar-refractivity contribution is 5.20. The van der Waals surface area contributed by atoms with Gasteiger partial charge in [0, 0.05) is 37.3 Å². The standard InChI is InChI=1S/C17H26N2O2/c1-13-9-18-10-14(2)19(13)11-16-12-20-17(3,21-16)15-7-5-4-6-8-15/h4-8,13-14,16,18H,9-12H2,1-3H3. The summed E-state index contributed by atoms with van der Waals surface area (Å²) in [5.74, 6) is -0.605. The van der Waals surface area contributed by atoms with Crippen molar-refractivity contribution in [3.05, 3.63) is 35.9 Å². The second-order valence-electron chi connectivity index (χ2n) is 6.42. The third-order valence-corrected chi connectivity index (χ3v) is 4.66. The van der Waals surface area contributed by atoms with Gasteiger partial charge in [0.15, 0.2) is 5.79 Å². The lowest BCUT2D eigenvalue weighted by Gasteiger charge is -2.40. The fraction of sp³-hybridized carbons (Fsp3) is 0.647. The van der Waals surface area contributed by atoms with Gasteiger partial charge in [0.25, 0.3) is 0 Å². The lowest BCUT2D eigenvalue weighted by molar-refractivity contribution is -0.164. The van der Waals surface area contributed by atoms with E-state index >= 15 is 0 Å². The van der Waals surface area contributed by atoms with Crippen LogP contribution in [-0.2, 0) is 15.3 Å². The summed E-state index contributed by atoms with van der Waals surface area (Å²) in [6.45, 7) is 10.3. The van der Waals surface area contributed by atoms with Crippen molar-refractivity contribution in [2.45, 2.75) is 44.7 Å². The summed E-state index contributed by atoms with van der Waals surface area (Å²) in [7, 11) is 0. The van der Waals surface area contributed by atoms with E-state index in [0.717, 1.165) is 25.2 Å². The molecule has 0 spiro atoms. The molecule has 21 heavy (non-hydrogen) atoms. The summed E-state index contributed by atoms with van der Waals surface area (Å²) < 4.78 is 12.2. The minimum Gasteiger partial charge on any atom is -0.343 e. The van der Waals surface area contributed by atoms with Crippen molar-refractivity contribution in [2.24, 2.45) is 0 Å². The van der Waals surface area contributed by atoms with E-state index in [4.69, 9.17) is 9.47 Å². The fourth-order valence-corrected chi connectivity index (χ4v) is 3.39. The summed E-state index contributed by atoms with van der Waals surface area (Å²) >= 11 is 0. The molecule has 3 rings (SSSR count). The zero-order valence-corrected chi connectivity index (χ0v) is 13.2. The molecule has 116 valence electrons. The van der Waals surface area contributed by atoms with Crippen LogP contribution in [0.4, 0.5) is 0 Å². The molecule has 4 atom stereocenters. The maximum Gasteiger partial charge on any atom is 0.192 e. The molecular formula is C17H26N2O2. The monoisotopic (exact) mass is 290 g/mol. The lowest BCUT2D eigenvalue weighted by Crippen LogP contribution is -2.57. The Bertz CT molecular complexity index is 457. The van der Waals surface area contributed by atoms with Gasteiger partial charge in [-0.05, 0) is 20.8 Å². The number of nitrogens with zero attached hydrogens (tertiary/aromatic N) is 1. The van der Waals surface area contributed by atoms with Gasteiger partial charge < -0.3 is 14.8 Å². The van der Waals surface area contributed by atoms with E-state index < -0.39 is 5.79 Å². The largest absolute Gasteiger partial charge is 0.343 e. The van der Waals surface area contributed by atoms with Gasteiger partial charge in [-0.15, -0.1) is 0 Å². The SMILES string of the molecule is CC1CNCC(C)N1CC1COC(C)(c2ccccc2)O1. The first-order chi connectivity index (χ1) is 10.1. The molecule has 0 aliphatic carbocycles. The Morgan fingerprint density at radius 2 is 1.86 bits per heavy atom. The quantitative estimate of drug-likeness (QED) is 0.922. The van der Waals surface area contributed by atoms with Gasteiger partial charge in [0.1, 0.15) is 0 Å². The molecule has 2 heterocycles. The van der Waals surface area contributed by atoms with Gasteiger partial charge in [-0.25, -0.2) is 0 Å². The Hall–Kier alpha value is -0.940. The van der Waals surface area contributed by atoms with Crippen LogP contribution in [0.5, 0.6) is 0 Å². The van der Waals surface area contributed by atoms with Crippen LogP contribution in [0.2, 0.25) is 0 Å². The first kappa shape index (κ1) is 15.0. The number of rotatable bonds is 3. The summed E-state index contributed by atoms with van der Waals surface area (Å²) in [6.07, 6.45) is 0.137. The van der Waals surface area contributed by atoms with Crippen molar-refractivity contribution < 1.29 is 9.47 Å².